The minimum Gasteiger partial charge on any atom is -0.481 e. The molecule has 4 heteroatoms. The summed E-state index contributed by atoms with van der Waals surface area (Å²) < 4.78 is 5.03. The van der Waals surface area contributed by atoms with Crippen LogP contribution in [0.5, 0.6) is 0 Å². The van der Waals surface area contributed by atoms with Crippen molar-refractivity contribution in [1.29, 1.82) is 0 Å². The zero-order chi connectivity index (χ0) is 21.4. The Morgan fingerprint density at radius 1 is 0.821 bits per heavy atom. The van der Waals surface area contributed by atoms with Gasteiger partial charge < -0.3 is 9.84 Å². The van der Waals surface area contributed by atoms with Crippen LogP contribution in [0.3, 0.4) is 0 Å². The smallest absolute Gasteiger partial charge is 0.306 e. The van der Waals surface area contributed by atoms with Crippen LogP contribution in [-0.2, 0) is 14.3 Å². The van der Waals surface area contributed by atoms with E-state index in [2.05, 4.69) is 34.6 Å². The summed E-state index contributed by atoms with van der Waals surface area (Å²) >= 11 is 0. The van der Waals surface area contributed by atoms with E-state index < -0.39 is 11.9 Å². The number of hydrogen-bond acceptors (Lipinski definition) is 3. The lowest BCUT2D eigenvalue weighted by Gasteiger charge is -2.15. The van der Waals surface area contributed by atoms with Gasteiger partial charge in [0.25, 0.3) is 0 Å². The molecular formula is C24H44O4. The fraction of sp³-hybridized carbons (Fsp3) is 0.833. The average Bonchev–Trinajstić information content (AvgIpc) is 2.59. The van der Waals surface area contributed by atoms with E-state index in [4.69, 9.17) is 9.84 Å². The quantitative estimate of drug-likeness (QED) is 0.217. The molecule has 2 atom stereocenters. The second kappa shape index (κ2) is 16.6. The van der Waals surface area contributed by atoms with Crippen molar-refractivity contribution in [2.45, 2.75) is 105 Å². The molecule has 0 spiro atoms. The Morgan fingerprint density at radius 2 is 1.36 bits per heavy atom. The molecule has 1 N–H and O–H groups in total. The highest BCUT2D eigenvalue weighted by Crippen LogP contribution is 2.22. The number of rotatable bonds is 17. The maximum atomic E-state index is 11.4. The van der Waals surface area contributed by atoms with Crippen LogP contribution in [-0.4, -0.2) is 23.7 Å². The standard InChI is InChI=1S/C24H44O4/c1-19(2)9-6-10-20(3)11-7-12-21(4)13-8-14-22(5)17-18-28-24(27)16-15-23(25)26/h17,19-21H,6-16,18H2,1-5H3,(H,25,26)/b22-17+/t20-,21-/m1/s1. The van der Waals surface area contributed by atoms with E-state index in [0.29, 0.717) is 0 Å². The van der Waals surface area contributed by atoms with Crippen LogP contribution in [0.15, 0.2) is 11.6 Å². The van der Waals surface area contributed by atoms with E-state index in [-0.39, 0.29) is 19.4 Å². The third kappa shape index (κ3) is 18.1. The van der Waals surface area contributed by atoms with Gasteiger partial charge in [-0.05, 0) is 43.6 Å². The van der Waals surface area contributed by atoms with E-state index >= 15 is 0 Å². The maximum absolute atomic E-state index is 11.4. The Labute approximate surface area is 173 Å². The van der Waals surface area contributed by atoms with Gasteiger partial charge in [-0.1, -0.05) is 78.2 Å². The van der Waals surface area contributed by atoms with Gasteiger partial charge in [-0.15, -0.1) is 0 Å². The first-order valence-electron chi connectivity index (χ1n) is 11.2. The van der Waals surface area contributed by atoms with E-state index in [1.807, 2.05) is 6.08 Å². The van der Waals surface area contributed by atoms with Gasteiger partial charge in [-0.25, -0.2) is 0 Å². The van der Waals surface area contributed by atoms with Gasteiger partial charge in [0, 0.05) is 0 Å². The van der Waals surface area contributed by atoms with Crippen molar-refractivity contribution in [3.63, 3.8) is 0 Å². The van der Waals surface area contributed by atoms with Gasteiger partial charge in [-0.2, -0.15) is 0 Å². The molecule has 0 heterocycles. The zero-order valence-electron chi connectivity index (χ0n) is 19.0. The highest BCUT2D eigenvalue weighted by Gasteiger charge is 2.07. The van der Waals surface area contributed by atoms with Crippen LogP contribution in [0.4, 0.5) is 0 Å². The maximum Gasteiger partial charge on any atom is 0.306 e. The van der Waals surface area contributed by atoms with Crippen LogP contribution in [0, 0.1) is 17.8 Å². The summed E-state index contributed by atoms with van der Waals surface area (Å²) in [4.78, 5) is 21.8. The SMILES string of the molecule is C/C(=C\COC(=O)CCC(=O)O)CCC[C@H](C)CCC[C@H](C)CCCC(C)C. The van der Waals surface area contributed by atoms with E-state index in [1.165, 1.54) is 56.9 Å². The molecule has 0 saturated carbocycles. The first-order chi connectivity index (χ1) is 13.2. The van der Waals surface area contributed by atoms with Gasteiger partial charge in [0.05, 0.1) is 12.8 Å². The Morgan fingerprint density at radius 3 is 1.89 bits per heavy atom. The molecule has 0 aliphatic rings. The zero-order valence-corrected chi connectivity index (χ0v) is 19.0. The van der Waals surface area contributed by atoms with Crippen LogP contribution >= 0.6 is 0 Å². The number of ether oxygens (including phenoxy) is 1. The van der Waals surface area contributed by atoms with Crippen molar-refractivity contribution in [3.8, 4) is 0 Å². The average molecular weight is 397 g/mol. The minimum atomic E-state index is -0.974. The lowest BCUT2D eigenvalue weighted by molar-refractivity contribution is -0.146. The number of carbonyl (C=O) groups is 2. The van der Waals surface area contributed by atoms with Crippen molar-refractivity contribution >= 4 is 11.9 Å². The molecule has 0 fully saturated rings. The molecule has 0 aromatic carbocycles. The summed E-state index contributed by atoms with van der Waals surface area (Å²) in [6.07, 6.45) is 13.3. The molecule has 0 aromatic rings. The molecular weight excluding hydrogens is 352 g/mol. The highest BCUT2D eigenvalue weighted by atomic mass is 16.5. The summed E-state index contributed by atoms with van der Waals surface area (Å²) in [5.74, 6) is 1.03. The molecule has 0 bridgehead atoms. The molecule has 0 aliphatic heterocycles. The molecule has 0 radical (unpaired) electrons. The van der Waals surface area contributed by atoms with Gasteiger partial charge in [-0.3, -0.25) is 9.59 Å². The van der Waals surface area contributed by atoms with Crippen molar-refractivity contribution < 1.29 is 19.4 Å². The fourth-order valence-electron chi connectivity index (χ4n) is 3.37. The molecule has 4 nitrogen and oxygen atoms in total. The van der Waals surface area contributed by atoms with Gasteiger partial charge in [0.15, 0.2) is 0 Å². The van der Waals surface area contributed by atoms with E-state index in [0.717, 1.165) is 24.2 Å². The summed E-state index contributed by atoms with van der Waals surface area (Å²) in [6, 6.07) is 0. The van der Waals surface area contributed by atoms with Crippen LogP contribution in [0.2, 0.25) is 0 Å². The number of carboxylic acid groups (broad SMARTS) is 1. The van der Waals surface area contributed by atoms with Crippen LogP contribution in [0.25, 0.3) is 0 Å². The molecule has 0 saturated heterocycles. The second-order valence-electron chi connectivity index (χ2n) is 8.99. The number of carboxylic acids is 1. The topological polar surface area (TPSA) is 63.6 Å². The number of hydrogen-bond donors (Lipinski definition) is 1. The molecule has 0 unspecified atom stereocenters. The molecule has 164 valence electrons. The predicted molar refractivity (Wildman–Crippen MR) is 116 cm³/mol. The lowest BCUT2D eigenvalue weighted by atomic mass is 9.91. The molecule has 28 heavy (non-hydrogen) atoms. The van der Waals surface area contributed by atoms with Crippen LogP contribution < -0.4 is 0 Å². The highest BCUT2D eigenvalue weighted by molar-refractivity contribution is 5.76. The summed E-state index contributed by atoms with van der Waals surface area (Å²) in [7, 11) is 0. The molecule has 0 aromatic heterocycles. The Hall–Kier alpha value is -1.32. The Balaban J connectivity index is 3.71. The fourth-order valence-corrected chi connectivity index (χ4v) is 3.37. The Bertz CT molecular complexity index is 454. The van der Waals surface area contributed by atoms with E-state index in [1.54, 1.807) is 0 Å². The monoisotopic (exact) mass is 396 g/mol. The molecule has 0 amide bonds. The van der Waals surface area contributed by atoms with Crippen LogP contribution in [0.1, 0.15) is 105 Å². The van der Waals surface area contributed by atoms with E-state index in [9.17, 15) is 9.59 Å². The van der Waals surface area contributed by atoms with Gasteiger partial charge in [0.1, 0.15) is 6.61 Å². The number of esters is 1. The number of aliphatic carboxylic acids is 1. The molecule has 0 aliphatic carbocycles. The van der Waals surface area contributed by atoms with Gasteiger partial charge in [0.2, 0.25) is 0 Å². The number of allylic oxidation sites excluding steroid dienone is 1. The lowest BCUT2D eigenvalue weighted by Crippen LogP contribution is -2.07. The number of carbonyl (C=O) groups excluding carboxylic acids is 1. The van der Waals surface area contributed by atoms with Crippen molar-refractivity contribution in [2.75, 3.05) is 6.61 Å². The largest absolute Gasteiger partial charge is 0.481 e. The first kappa shape index (κ1) is 26.7. The summed E-state index contributed by atoms with van der Waals surface area (Å²) in [5.41, 5.74) is 1.23. The van der Waals surface area contributed by atoms with Crippen molar-refractivity contribution in [2.24, 2.45) is 17.8 Å². The minimum absolute atomic E-state index is 0.0594. The van der Waals surface area contributed by atoms with Crippen molar-refractivity contribution in [1.82, 2.24) is 0 Å². The summed E-state index contributed by atoms with van der Waals surface area (Å²) in [6.45, 7) is 11.7. The first-order valence-corrected chi connectivity index (χ1v) is 11.2. The molecule has 0 rings (SSSR count). The third-order valence-corrected chi connectivity index (χ3v) is 5.36. The Kier molecular flexibility index (Phi) is 15.8. The third-order valence-electron chi connectivity index (χ3n) is 5.36. The predicted octanol–water partition coefficient (Wildman–Crippen LogP) is 6.78. The summed E-state index contributed by atoms with van der Waals surface area (Å²) in [5, 5.41) is 8.53. The van der Waals surface area contributed by atoms with Gasteiger partial charge >= 0.3 is 11.9 Å². The normalized spacial score (nSPS) is 14.1. The second-order valence-corrected chi connectivity index (χ2v) is 8.99. The van der Waals surface area contributed by atoms with Crippen molar-refractivity contribution in [3.05, 3.63) is 11.6 Å².